The topological polar surface area (TPSA) is 323 Å². The van der Waals surface area contributed by atoms with E-state index in [1.807, 2.05) is 0 Å². The summed E-state index contributed by atoms with van der Waals surface area (Å²) in [6.45, 7) is -1.63. The quantitative estimate of drug-likeness (QED) is 0.00753. The van der Waals surface area contributed by atoms with Gasteiger partial charge in [0.15, 0.2) is 58.3 Å². The predicted octanol–water partition coefficient (Wildman–Crippen LogP) is 6.23. The van der Waals surface area contributed by atoms with Crippen molar-refractivity contribution >= 4 is 46.7 Å². The van der Waals surface area contributed by atoms with E-state index in [4.69, 9.17) is 37.7 Å². The van der Waals surface area contributed by atoms with Crippen LogP contribution in [0.1, 0.15) is 46.4 Å². The highest BCUT2D eigenvalue weighted by Crippen LogP contribution is 2.28. The summed E-state index contributed by atoms with van der Waals surface area (Å²) in [5.74, 6) is -20.0. The highest BCUT2D eigenvalue weighted by Gasteiger charge is 2.27. The molecule has 0 aromatic heterocycles. The van der Waals surface area contributed by atoms with Crippen LogP contribution in [-0.4, -0.2) is 80.7 Å². The number of guanidine groups is 2. The van der Waals surface area contributed by atoms with Gasteiger partial charge in [-0.05, 0) is 61.0 Å². The zero-order valence-electron chi connectivity index (χ0n) is 35.9. The zero-order valence-corrected chi connectivity index (χ0v) is 35.9. The number of carbonyl (C=O) groups excluding carboxylic acids is 4. The van der Waals surface area contributed by atoms with Gasteiger partial charge in [-0.25, -0.2) is 17.6 Å². The van der Waals surface area contributed by atoms with Crippen LogP contribution in [0.2, 0.25) is 0 Å². The molecule has 9 N–H and O–H groups in total. The van der Waals surface area contributed by atoms with Gasteiger partial charge in [0.1, 0.15) is 13.2 Å². The second-order valence-electron chi connectivity index (χ2n) is 13.8. The lowest BCUT2D eigenvalue weighted by Crippen LogP contribution is -2.43. The van der Waals surface area contributed by atoms with Crippen molar-refractivity contribution in [3.05, 3.63) is 139 Å². The molecule has 0 radical (unpaired) electrons. The monoisotopic (exact) mass is 976 g/mol. The van der Waals surface area contributed by atoms with E-state index < -0.39 is 107 Å². The number of rotatable bonds is 22. The van der Waals surface area contributed by atoms with Gasteiger partial charge in [0.2, 0.25) is 23.3 Å². The molecular weight excluding hydrogens is 937 g/mol. The molecule has 2 amide bonds. The van der Waals surface area contributed by atoms with E-state index in [1.54, 1.807) is 0 Å². The Bertz CT molecular complexity index is 2630. The van der Waals surface area contributed by atoms with Crippen LogP contribution in [0.3, 0.4) is 0 Å². The molecule has 0 aliphatic rings. The fourth-order valence-corrected chi connectivity index (χ4v) is 5.58. The SMILES string of the molecule is CN=C(N)NCCC[C@H](NC(=O)c1cccc(N=[N+]=[N-])c1)C(=O)COc1c(F)c(F)cc(F)c1F.[N-]=[N+]=Nc1cccc(C(=O)N[C@@H](CCCN=C(N)N)C(=O)COc2c(F)c(F)cc(F)c2F)c1. The Balaban J connectivity index is 0.000000365. The number of hydrogen-bond donors (Lipinski definition) is 6. The maximum Gasteiger partial charge on any atom is 0.251 e. The third kappa shape index (κ3) is 16.9. The molecule has 4 aromatic rings. The average Bonchev–Trinajstić information content (AvgIpc) is 3.32. The minimum absolute atomic E-state index is 0.00346. The summed E-state index contributed by atoms with van der Waals surface area (Å²) in [7, 11) is 1.46. The van der Waals surface area contributed by atoms with Crippen molar-refractivity contribution in [1.82, 2.24) is 16.0 Å². The van der Waals surface area contributed by atoms with Crippen LogP contribution in [0.15, 0.2) is 80.9 Å². The van der Waals surface area contributed by atoms with Crippen LogP contribution in [0.5, 0.6) is 11.5 Å². The molecular formula is C41H40F8N14O6. The number of carbonyl (C=O) groups is 4. The molecule has 20 nitrogen and oxygen atoms in total. The molecule has 0 bridgehead atoms. The highest BCUT2D eigenvalue weighted by molar-refractivity contribution is 5.99. The van der Waals surface area contributed by atoms with Crippen molar-refractivity contribution in [2.75, 3.05) is 33.4 Å². The first-order valence-electron chi connectivity index (χ1n) is 19.7. The van der Waals surface area contributed by atoms with Crippen LogP contribution >= 0.6 is 0 Å². The molecule has 0 aliphatic heterocycles. The van der Waals surface area contributed by atoms with Gasteiger partial charge in [-0.3, -0.25) is 29.2 Å². The van der Waals surface area contributed by atoms with E-state index in [9.17, 15) is 54.3 Å². The van der Waals surface area contributed by atoms with Crippen molar-refractivity contribution in [2.45, 2.75) is 37.8 Å². The average molecular weight is 977 g/mol. The van der Waals surface area contributed by atoms with Crippen molar-refractivity contribution < 1.29 is 63.8 Å². The van der Waals surface area contributed by atoms with Crippen molar-refractivity contribution in [2.24, 2.45) is 37.4 Å². The van der Waals surface area contributed by atoms with Crippen LogP contribution in [0.4, 0.5) is 46.5 Å². The van der Waals surface area contributed by atoms with Crippen LogP contribution in [0.25, 0.3) is 20.9 Å². The Labute approximate surface area is 385 Å². The second-order valence-corrected chi connectivity index (χ2v) is 13.8. The van der Waals surface area contributed by atoms with Gasteiger partial charge in [0.05, 0.1) is 12.1 Å². The van der Waals surface area contributed by atoms with Gasteiger partial charge in [0, 0.05) is 64.6 Å². The Morgan fingerprint density at radius 1 is 0.638 bits per heavy atom. The number of nitrogens with two attached hydrogens (primary N) is 3. The van der Waals surface area contributed by atoms with Gasteiger partial charge in [-0.15, -0.1) is 0 Å². The van der Waals surface area contributed by atoms with Gasteiger partial charge in [-0.2, -0.15) is 17.6 Å². The first kappa shape index (κ1) is 54.7. The number of Topliss-reactive ketones (excluding diaryl/α,β-unsaturated/α-hetero) is 2. The predicted molar refractivity (Wildman–Crippen MR) is 231 cm³/mol. The third-order valence-electron chi connectivity index (χ3n) is 8.95. The van der Waals surface area contributed by atoms with Crippen molar-refractivity contribution in [1.29, 1.82) is 0 Å². The van der Waals surface area contributed by atoms with E-state index in [0.717, 1.165) is 0 Å². The van der Waals surface area contributed by atoms with Gasteiger partial charge >= 0.3 is 0 Å². The lowest BCUT2D eigenvalue weighted by atomic mass is 10.1. The Kier molecular flexibility index (Phi) is 21.5. The number of aliphatic imine (C=N–C) groups is 2. The molecule has 0 saturated heterocycles. The summed E-state index contributed by atoms with van der Waals surface area (Å²) < 4.78 is 118. The van der Waals surface area contributed by atoms with Crippen molar-refractivity contribution in [3.8, 4) is 11.5 Å². The molecule has 366 valence electrons. The highest BCUT2D eigenvalue weighted by atomic mass is 19.2. The second kappa shape index (κ2) is 27.1. The minimum atomic E-state index is -1.81. The lowest BCUT2D eigenvalue weighted by Gasteiger charge is -2.19. The van der Waals surface area contributed by atoms with E-state index in [0.29, 0.717) is 6.42 Å². The number of hydrogen-bond acceptors (Lipinski definition) is 10. The largest absolute Gasteiger partial charge is 0.479 e. The van der Waals surface area contributed by atoms with E-state index in [2.05, 4.69) is 46.0 Å². The fraction of sp³-hybridized carbons (Fsp3) is 0.268. The number of benzene rings is 4. The zero-order chi connectivity index (χ0) is 51.2. The number of amides is 2. The maximum atomic E-state index is 13.8. The standard InChI is InChI=1S/C21H21F4N7O3.C20H19F4N7O3/c1-28-21(26)29-7-3-6-15(30-20(34)11-4-2-5-12(8-11)31-32-27)16(33)10-35-19-17(24)13(22)9-14(23)18(19)25;21-12-8-13(22)17(24)18(16(12)23)34-9-15(32)14(5-2-6-28-20(25)26)29-19(33)10-3-1-4-11(7-10)30-31-27/h2,4-5,8-9,15H,3,6-7,10H2,1H3,(H,30,34)(H3,26,28,29);1,3-4,7-8,14H,2,5-6,9H2,(H,29,33)(H4,25,26,28)/t15-;14-/m00/s1. The molecule has 0 spiro atoms. The number of nitrogens with one attached hydrogen (secondary N) is 3. The third-order valence-corrected chi connectivity index (χ3v) is 8.95. The van der Waals surface area contributed by atoms with Gasteiger partial charge in [-0.1, -0.05) is 34.5 Å². The Hall–Kier alpha value is -8.64. The Morgan fingerprint density at radius 3 is 1.42 bits per heavy atom. The van der Waals surface area contributed by atoms with Crippen LogP contribution in [-0.2, 0) is 9.59 Å². The number of ketones is 2. The van der Waals surface area contributed by atoms with Gasteiger partial charge in [0.25, 0.3) is 11.8 Å². The molecule has 2 atom stereocenters. The van der Waals surface area contributed by atoms with Crippen LogP contribution in [0, 0.1) is 46.5 Å². The van der Waals surface area contributed by atoms with E-state index in [-0.39, 0.29) is 78.9 Å². The molecule has 0 unspecified atom stereocenters. The Morgan fingerprint density at radius 2 is 1.04 bits per heavy atom. The summed E-state index contributed by atoms with van der Waals surface area (Å²) >= 11 is 0. The number of nitrogens with zero attached hydrogens (tertiary/aromatic N) is 8. The lowest BCUT2D eigenvalue weighted by molar-refractivity contribution is -0.123. The summed E-state index contributed by atoms with van der Waals surface area (Å²) in [6.07, 6.45) is 0.535. The molecule has 69 heavy (non-hydrogen) atoms. The normalized spacial score (nSPS) is 11.5. The molecule has 0 heterocycles. The molecule has 0 saturated carbocycles. The molecule has 0 aliphatic carbocycles. The minimum Gasteiger partial charge on any atom is -0.479 e. The summed E-state index contributed by atoms with van der Waals surface area (Å²) in [4.78, 5) is 63.3. The molecule has 28 heteroatoms. The molecule has 4 rings (SSSR count). The molecule has 0 fully saturated rings. The number of halogens is 8. The first-order chi connectivity index (χ1) is 32.8. The summed E-state index contributed by atoms with van der Waals surface area (Å²) in [5, 5.41) is 14.4. The smallest absolute Gasteiger partial charge is 0.251 e. The van der Waals surface area contributed by atoms with Crippen molar-refractivity contribution in [3.63, 3.8) is 0 Å². The maximum absolute atomic E-state index is 13.8. The summed E-state index contributed by atoms with van der Waals surface area (Å²) in [6, 6.07) is 8.71. The molecule has 4 aromatic carbocycles. The van der Waals surface area contributed by atoms with E-state index in [1.165, 1.54) is 55.6 Å². The number of azide groups is 2. The van der Waals surface area contributed by atoms with E-state index >= 15 is 0 Å². The summed E-state index contributed by atoms with van der Waals surface area (Å²) in [5.41, 5.74) is 33.5. The number of ether oxygens (including phenoxy) is 2. The van der Waals surface area contributed by atoms with Crippen LogP contribution < -0.4 is 42.6 Å². The van der Waals surface area contributed by atoms with Gasteiger partial charge < -0.3 is 42.6 Å². The fourth-order valence-electron chi connectivity index (χ4n) is 5.58. The first-order valence-corrected chi connectivity index (χ1v) is 19.7.